The third kappa shape index (κ3) is 4.61. The molecule has 0 fully saturated rings. The molecule has 10 heteroatoms. The minimum Gasteiger partial charge on any atom is -0.460 e. The molecule has 3 aliphatic rings. The first-order valence-corrected chi connectivity index (χ1v) is 16.3. The molecule has 0 amide bonds. The number of halogens is 6. The van der Waals surface area contributed by atoms with Gasteiger partial charge in [0.05, 0.1) is 16.8 Å². The molecule has 0 N–H and O–H groups in total. The summed E-state index contributed by atoms with van der Waals surface area (Å²) < 4.78 is 102. The summed E-state index contributed by atoms with van der Waals surface area (Å²) in [5.41, 5.74) is -2.02. The van der Waals surface area contributed by atoms with Crippen molar-refractivity contribution in [3.8, 4) is 11.1 Å². The lowest BCUT2D eigenvalue weighted by atomic mass is 9.66. The van der Waals surface area contributed by atoms with Gasteiger partial charge in [-0.2, -0.15) is 26.3 Å². The van der Waals surface area contributed by atoms with Crippen LogP contribution in [-0.4, -0.2) is 24.1 Å². The average molecular weight is 697 g/mol. The highest BCUT2D eigenvalue weighted by atomic mass is 19.4. The van der Waals surface area contributed by atoms with Crippen molar-refractivity contribution in [3.63, 3.8) is 0 Å². The highest BCUT2D eigenvalue weighted by molar-refractivity contribution is 5.98. The Labute approximate surface area is 290 Å². The second-order valence-electron chi connectivity index (χ2n) is 13.5. The van der Waals surface area contributed by atoms with E-state index in [9.17, 15) is 13.2 Å². The molecule has 8 rings (SSSR count). The normalized spacial score (nSPS) is 21.6. The summed E-state index contributed by atoms with van der Waals surface area (Å²) in [6.45, 7) is 5.18. The molecule has 0 aromatic heterocycles. The number of fused-ring (bicyclic) bond motifs is 5. The van der Waals surface area contributed by atoms with Crippen LogP contribution >= 0.6 is 0 Å². The second-order valence-corrected chi connectivity index (χ2v) is 13.5. The van der Waals surface area contributed by atoms with E-state index < -0.39 is 29.0 Å². The van der Waals surface area contributed by atoms with Gasteiger partial charge in [0.25, 0.3) is 0 Å². The molecule has 2 atom stereocenters. The summed E-state index contributed by atoms with van der Waals surface area (Å²) >= 11 is 0. The summed E-state index contributed by atoms with van der Waals surface area (Å²) in [7, 11) is 0. The molecule has 2 unspecified atom stereocenters. The standard InChI is InChI=1S/C41H30F6N2O2/c1-23-13-15-25(16-14-23)36-49-35-20-18-27(22-33(35)38(4,51-36)41(45,46)47)39(30-11-7-5-9-28(30)29-10-6-8-12-31(29)39)26-17-19-34-32(21-26)37(3,40(42,43)44)50-24(2)48-34/h5-22H,1-4H3. The van der Waals surface area contributed by atoms with E-state index >= 15 is 13.2 Å². The minimum absolute atomic E-state index is 0.0726. The van der Waals surface area contributed by atoms with E-state index in [0.717, 1.165) is 30.5 Å². The fourth-order valence-corrected chi connectivity index (χ4v) is 7.69. The molecule has 51 heavy (non-hydrogen) atoms. The van der Waals surface area contributed by atoms with Gasteiger partial charge in [-0.15, -0.1) is 0 Å². The van der Waals surface area contributed by atoms with Crippen LogP contribution in [0.5, 0.6) is 0 Å². The van der Waals surface area contributed by atoms with Crippen molar-refractivity contribution in [1.29, 1.82) is 0 Å². The zero-order valence-corrected chi connectivity index (χ0v) is 27.9. The zero-order valence-electron chi connectivity index (χ0n) is 27.9. The number of aryl methyl sites for hydroxylation is 1. The summed E-state index contributed by atoms with van der Waals surface area (Å²) in [6, 6.07) is 31.1. The largest absolute Gasteiger partial charge is 0.460 e. The molecule has 0 bridgehead atoms. The van der Waals surface area contributed by atoms with E-state index in [4.69, 9.17) is 9.47 Å². The van der Waals surface area contributed by atoms with Crippen LogP contribution in [-0.2, 0) is 26.1 Å². The number of nitrogens with zero attached hydrogens (tertiary/aromatic N) is 2. The molecule has 0 saturated carbocycles. The molecule has 2 heterocycles. The number of ether oxygens (including phenoxy) is 2. The van der Waals surface area contributed by atoms with Crippen LogP contribution in [0, 0.1) is 6.92 Å². The highest BCUT2D eigenvalue weighted by Gasteiger charge is 2.60. The van der Waals surface area contributed by atoms with E-state index in [0.29, 0.717) is 27.8 Å². The van der Waals surface area contributed by atoms with E-state index in [1.165, 1.54) is 31.2 Å². The maximum atomic E-state index is 15.3. The van der Waals surface area contributed by atoms with Gasteiger partial charge in [0.2, 0.25) is 17.1 Å². The Hall–Kier alpha value is -5.38. The number of aliphatic imine (C=N–C) groups is 2. The highest BCUT2D eigenvalue weighted by Crippen LogP contribution is 2.59. The summed E-state index contributed by atoms with van der Waals surface area (Å²) in [5.74, 6) is -0.300. The third-order valence-corrected chi connectivity index (χ3v) is 10.4. The van der Waals surface area contributed by atoms with E-state index in [1.807, 2.05) is 55.5 Å². The van der Waals surface area contributed by atoms with Gasteiger partial charge in [-0.3, -0.25) is 0 Å². The summed E-state index contributed by atoms with van der Waals surface area (Å²) in [6.07, 6.45) is -9.69. The number of hydrogen-bond acceptors (Lipinski definition) is 4. The van der Waals surface area contributed by atoms with Gasteiger partial charge in [-0.05, 0) is 90.6 Å². The number of alkyl halides is 6. The van der Waals surface area contributed by atoms with Gasteiger partial charge in [-0.1, -0.05) is 78.4 Å². The predicted molar refractivity (Wildman–Crippen MR) is 183 cm³/mol. The van der Waals surface area contributed by atoms with Gasteiger partial charge in [0.1, 0.15) is 0 Å². The summed E-state index contributed by atoms with van der Waals surface area (Å²) in [4.78, 5) is 8.84. The van der Waals surface area contributed by atoms with Crippen LogP contribution in [0.3, 0.4) is 0 Å². The maximum Gasteiger partial charge on any atom is 0.432 e. The van der Waals surface area contributed by atoms with Gasteiger partial charge < -0.3 is 9.47 Å². The molecular formula is C41H30F6N2O2. The SMILES string of the molecule is CC1=Nc2ccc(C3(c4ccc5c(c4)C(C)(C(F)(F)F)OC(c4ccc(C)cc4)=N5)c4ccccc4-c4ccccc43)cc2C(C)(C(F)(F)F)O1. The molecular weight excluding hydrogens is 666 g/mol. The first kappa shape index (κ1) is 32.8. The van der Waals surface area contributed by atoms with Gasteiger partial charge in [0.15, 0.2) is 5.90 Å². The van der Waals surface area contributed by atoms with Crippen molar-refractivity contribution < 1.29 is 35.8 Å². The van der Waals surface area contributed by atoms with Gasteiger partial charge >= 0.3 is 12.4 Å². The molecule has 1 aliphatic carbocycles. The quantitative estimate of drug-likeness (QED) is 0.173. The van der Waals surface area contributed by atoms with Crippen molar-refractivity contribution in [1.82, 2.24) is 0 Å². The van der Waals surface area contributed by atoms with Crippen molar-refractivity contribution >= 4 is 23.2 Å². The Balaban J connectivity index is 1.44. The first-order valence-electron chi connectivity index (χ1n) is 16.3. The van der Waals surface area contributed by atoms with Crippen molar-refractivity contribution in [2.45, 2.75) is 56.7 Å². The van der Waals surface area contributed by atoms with Crippen LogP contribution in [0.4, 0.5) is 37.7 Å². The van der Waals surface area contributed by atoms with E-state index in [-0.39, 0.29) is 34.3 Å². The molecule has 5 aromatic carbocycles. The Morgan fingerprint density at radius 3 is 1.51 bits per heavy atom. The monoisotopic (exact) mass is 696 g/mol. The van der Waals surface area contributed by atoms with E-state index in [1.54, 1.807) is 36.4 Å². The van der Waals surface area contributed by atoms with Gasteiger partial charge in [0, 0.05) is 23.6 Å². The first-order chi connectivity index (χ1) is 24.1. The molecule has 4 nitrogen and oxygen atoms in total. The Kier molecular flexibility index (Phi) is 6.95. The molecule has 2 aliphatic heterocycles. The third-order valence-electron chi connectivity index (χ3n) is 10.4. The average Bonchev–Trinajstić information content (AvgIpc) is 3.38. The second kappa shape index (κ2) is 10.8. The van der Waals surface area contributed by atoms with Crippen LogP contribution < -0.4 is 0 Å². The lowest BCUT2D eigenvalue weighted by molar-refractivity contribution is -0.253. The minimum atomic E-state index is -4.88. The van der Waals surface area contributed by atoms with Crippen molar-refractivity contribution in [2.75, 3.05) is 0 Å². The van der Waals surface area contributed by atoms with E-state index in [2.05, 4.69) is 9.98 Å². The lowest BCUT2D eigenvalue weighted by Gasteiger charge is -2.40. The van der Waals surface area contributed by atoms with Gasteiger partial charge in [-0.25, -0.2) is 9.98 Å². The smallest absolute Gasteiger partial charge is 0.432 e. The number of rotatable bonds is 3. The molecule has 5 aromatic rings. The van der Waals surface area contributed by atoms with Crippen LogP contribution in [0.2, 0.25) is 0 Å². The lowest BCUT2D eigenvalue weighted by Crippen LogP contribution is -2.46. The topological polar surface area (TPSA) is 43.2 Å². The molecule has 0 saturated heterocycles. The number of benzene rings is 5. The predicted octanol–water partition coefficient (Wildman–Crippen LogP) is 11.1. The fraction of sp³-hybridized carbons (Fsp3) is 0.220. The van der Waals surface area contributed by atoms with Crippen LogP contribution in [0.1, 0.15) is 65.3 Å². The summed E-state index contributed by atoms with van der Waals surface area (Å²) in [5, 5.41) is 0. The maximum absolute atomic E-state index is 15.3. The Morgan fingerprint density at radius 2 is 1.00 bits per heavy atom. The number of hydrogen-bond donors (Lipinski definition) is 0. The van der Waals surface area contributed by atoms with Crippen LogP contribution in [0.15, 0.2) is 119 Å². The Morgan fingerprint density at radius 1 is 0.529 bits per heavy atom. The molecule has 0 radical (unpaired) electrons. The molecule has 0 spiro atoms. The van der Waals surface area contributed by atoms with Crippen LogP contribution in [0.25, 0.3) is 11.1 Å². The zero-order chi connectivity index (χ0) is 36.1. The fourth-order valence-electron chi connectivity index (χ4n) is 7.69. The Bertz CT molecular complexity index is 2260. The van der Waals surface area contributed by atoms with Crippen molar-refractivity contribution in [3.05, 3.63) is 154 Å². The molecule has 258 valence electrons. The van der Waals surface area contributed by atoms with Crippen molar-refractivity contribution in [2.24, 2.45) is 9.98 Å².